The summed E-state index contributed by atoms with van der Waals surface area (Å²) in [4.78, 5) is 27.2. The monoisotopic (exact) mass is 385 g/mol. The molecule has 0 spiro atoms. The Bertz CT molecular complexity index is 856. The molecule has 0 bridgehead atoms. The molecule has 27 heavy (non-hydrogen) atoms. The number of para-hydroxylation sites is 1. The van der Waals surface area contributed by atoms with E-state index in [2.05, 4.69) is 15.5 Å². The normalized spacial score (nSPS) is 13.8. The number of hydrogen-bond donors (Lipinski definition) is 3. The van der Waals surface area contributed by atoms with Gasteiger partial charge in [0.1, 0.15) is 0 Å². The number of likely N-dealkylation sites (N-methyl/N-ethyl adjacent to an activating group) is 1. The van der Waals surface area contributed by atoms with Crippen LogP contribution in [0.3, 0.4) is 0 Å². The summed E-state index contributed by atoms with van der Waals surface area (Å²) in [7, 11) is 2.04. The number of nitrogens with zero attached hydrogens (tertiary/aromatic N) is 1. The van der Waals surface area contributed by atoms with E-state index in [-0.39, 0.29) is 6.54 Å². The summed E-state index contributed by atoms with van der Waals surface area (Å²) in [6, 6.07) is 13.1. The van der Waals surface area contributed by atoms with Crippen molar-refractivity contribution in [3.8, 4) is 0 Å². The molecule has 6 nitrogen and oxygen atoms in total. The molecule has 1 aliphatic heterocycles. The molecule has 0 saturated carbocycles. The van der Waals surface area contributed by atoms with Crippen molar-refractivity contribution in [2.24, 2.45) is 0 Å². The number of anilines is 2. The van der Waals surface area contributed by atoms with E-state index < -0.39 is 17.9 Å². The Labute approximate surface area is 163 Å². The third-order valence-corrected chi connectivity index (χ3v) is 5.43. The van der Waals surface area contributed by atoms with E-state index in [9.17, 15) is 14.7 Å². The second kappa shape index (κ2) is 8.45. The van der Waals surface area contributed by atoms with Crippen molar-refractivity contribution in [3.63, 3.8) is 0 Å². The highest BCUT2D eigenvalue weighted by Crippen LogP contribution is 2.29. The van der Waals surface area contributed by atoms with Crippen molar-refractivity contribution >= 4 is 35.0 Å². The minimum Gasteiger partial charge on any atom is -0.387 e. The van der Waals surface area contributed by atoms with E-state index in [1.54, 1.807) is 12.1 Å². The highest BCUT2D eigenvalue weighted by molar-refractivity contribution is 7.98. The number of benzene rings is 2. The molecule has 2 aromatic carbocycles. The van der Waals surface area contributed by atoms with Gasteiger partial charge in [0.2, 0.25) is 0 Å². The Balaban J connectivity index is 1.56. The van der Waals surface area contributed by atoms with Gasteiger partial charge in [0.25, 0.3) is 0 Å². The highest BCUT2D eigenvalue weighted by Gasteiger charge is 2.20. The SMILES string of the molecule is CSc1ccccc1NC(=O)C(=O)NC[C@H](O)c1ccc2c(c1)CCN2C. The molecule has 0 aliphatic carbocycles. The average Bonchev–Trinajstić information content (AvgIpc) is 3.06. The van der Waals surface area contributed by atoms with Gasteiger partial charge in [-0.05, 0) is 42.0 Å². The number of nitrogens with one attached hydrogen (secondary N) is 2. The van der Waals surface area contributed by atoms with E-state index in [1.807, 2.05) is 43.6 Å². The number of rotatable bonds is 5. The fourth-order valence-electron chi connectivity index (χ4n) is 3.11. The van der Waals surface area contributed by atoms with Crippen LogP contribution in [0.4, 0.5) is 11.4 Å². The molecule has 1 atom stereocenters. The molecule has 2 amide bonds. The van der Waals surface area contributed by atoms with E-state index in [0.717, 1.165) is 23.4 Å². The lowest BCUT2D eigenvalue weighted by atomic mass is 10.0. The number of carbonyl (C=O) groups is 2. The summed E-state index contributed by atoms with van der Waals surface area (Å²) in [6.07, 6.45) is 1.97. The molecule has 0 radical (unpaired) electrons. The molecule has 0 fully saturated rings. The Morgan fingerprint density at radius 2 is 2.00 bits per heavy atom. The fraction of sp³-hybridized carbons (Fsp3) is 0.300. The highest BCUT2D eigenvalue weighted by atomic mass is 32.2. The molecule has 1 aliphatic rings. The van der Waals surface area contributed by atoms with Gasteiger partial charge in [-0.1, -0.05) is 24.3 Å². The van der Waals surface area contributed by atoms with Crippen molar-refractivity contribution in [1.82, 2.24) is 5.32 Å². The molecule has 3 N–H and O–H groups in total. The Hall–Kier alpha value is -2.51. The zero-order valence-electron chi connectivity index (χ0n) is 15.4. The Morgan fingerprint density at radius 1 is 1.22 bits per heavy atom. The summed E-state index contributed by atoms with van der Waals surface area (Å²) in [5.74, 6) is -1.52. The maximum absolute atomic E-state index is 12.1. The van der Waals surface area contributed by atoms with Crippen molar-refractivity contribution < 1.29 is 14.7 Å². The molecule has 0 saturated heterocycles. The van der Waals surface area contributed by atoms with Gasteiger partial charge >= 0.3 is 11.8 Å². The summed E-state index contributed by atoms with van der Waals surface area (Å²) < 4.78 is 0. The van der Waals surface area contributed by atoms with Gasteiger partial charge in [0.15, 0.2) is 0 Å². The predicted molar refractivity (Wildman–Crippen MR) is 108 cm³/mol. The quantitative estimate of drug-likeness (QED) is 0.543. The smallest absolute Gasteiger partial charge is 0.313 e. The van der Waals surface area contributed by atoms with Gasteiger partial charge in [-0.25, -0.2) is 0 Å². The largest absolute Gasteiger partial charge is 0.387 e. The van der Waals surface area contributed by atoms with Crippen molar-refractivity contribution in [1.29, 1.82) is 0 Å². The van der Waals surface area contributed by atoms with E-state index in [1.165, 1.54) is 23.0 Å². The molecular weight excluding hydrogens is 362 g/mol. The van der Waals surface area contributed by atoms with Crippen LogP contribution in [0.1, 0.15) is 17.2 Å². The number of fused-ring (bicyclic) bond motifs is 1. The Morgan fingerprint density at radius 3 is 2.78 bits per heavy atom. The number of carbonyl (C=O) groups excluding carboxylic acids is 2. The molecular formula is C20H23N3O3S. The van der Waals surface area contributed by atoms with Crippen molar-refractivity contribution in [2.75, 3.05) is 36.6 Å². The minimum absolute atomic E-state index is 0.0228. The third-order valence-electron chi connectivity index (χ3n) is 4.63. The van der Waals surface area contributed by atoms with E-state index in [4.69, 9.17) is 0 Å². The van der Waals surface area contributed by atoms with E-state index in [0.29, 0.717) is 5.69 Å². The number of thioether (sulfide) groups is 1. The van der Waals surface area contributed by atoms with Gasteiger partial charge < -0.3 is 20.6 Å². The van der Waals surface area contributed by atoms with Crippen LogP contribution >= 0.6 is 11.8 Å². The molecule has 0 aromatic heterocycles. The third kappa shape index (κ3) is 4.43. The van der Waals surface area contributed by atoms with Gasteiger partial charge in [-0.3, -0.25) is 9.59 Å². The maximum Gasteiger partial charge on any atom is 0.313 e. The summed E-state index contributed by atoms with van der Waals surface area (Å²) in [5.41, 5.74) is 3.68. The predicted octanol–water partition coefficient (Wildman–Crippen LogP) is 2.19. The molecule has 2 aromatic rings. The number of amides is 2. The van der Waals surface area contributed by atoms with Crippen molar-refractivity contribution in [3.05, 3.63) is 53.6 Å². The first-order valence-electron chi connectivity index (χ1n) is 8.74. The summed E-state index contributed by atoms with van der Waals surface area (Å²) in [5, 5.41) is 15.5. The fourth-order valence-corrected chi connectivity index (χ4v) is 3.66. The van der Waals surface area contributed by atoms with Gasteiger partial charge in [0.05, 0.1) is 11.8 Å². The van der Waals surface area contributed by atoms with Crippen LogP contribution in [0.15, 0.2) is 47.4 Å². The zero-order chi connectivity index (χ0) is 19.4. The molecule has 7 heteroatoms. The topological polar surface area (TPSA) is 81.7 Å². The summed E-state index contributed by atoms with van der Waals surface area (Å²) in [6.45, 7) is 0.939. The molecule has 0 unspecified atom stereocenters. The van der Waals surface area contributed by atoms with Crippen LogP contribution in [0, 0.1) is 0 Å². The Kier molecular flexibility index (Phi) is 6.03. The number of aliphatic hydroxyl groups excluding tert-OH is 1. The maximum atomic E-state index is 12.1. The average molecular weight is 385 g/mol. The lowest BCUT2D eigenvalue weighted by molar-refractivity contribution is -0.136. The second-order valence-corrected chi connectivity index (χ2v) is 7.29. The second-order valence-electron chi connectivity index (χ2n) is 6.44. The van der Waals surface area contributed by atoms with Crippen LogP contribution in [0.5, 0.6) is 0 Å². The lowest BCUT2D eigenvalue weighted by Gasteiger charge is -2.15. The molecule has 3 rings (SSSR count). The van der Waals surface area contributed by atoms with Crippen LogP contribution in [0.25, 0.3) is 0 Å². The van der Waals surface area contributed by atoms with Crippen LogP contribution in [0.2, 0.25) is 0 Å². The first kappa shape index (κ1) is 19.3. The van der Waals surface area contributed by atoms with Crippen LogP contribution < -0.4 is 15.5 Å². The van der Waals surface area contributed by atoms with Gasteiger partial charge in [0, 0.05) is 30.7 Å². The van der Waals surface area contributed by atoms with Gasteiger partial charge in [-0.2, -0.15) is 0 Å². The van der Waals surface area contributed by atoms with E-state index >= 15 is 0 Å². The summed E-state index contributed by atoms with van der Waals surface area (Å²) >= 11 is 1.48. The number of hydrogen-bond acceptors (Lipinski definition) is 5. The van der Waals surface area contributed by atoms with Crippen LogP contribution in [-0.4, -0.2) is 43.3 Å². The lowest BCUT2D eigenvalue weighted by Crippen LogP contribution is -2.37. The van der Waals surface area contributed by atoms with Crippen LogP contribution in [-0.2, 0) is 16.0 Å². The van der Waals surface area contributed by atoms with Crippen molar-refractivity contribution in [2.45, 2.75) is 17.4 Å². The minimum atomic E-state index is -0.864. The van der Waals surface area contributed by atoms with Gasteiger partial charge in [-0.15, -0.1) is 11.8 Å². The molecule has 142 valence electrons. The first-order valence-corrected chi connectivity index (χ1v) is 9.96. The first-order chi connectivity index (χ1) is 13.0. The zero-order valence-corrected chi connectivity index (χ0v) is 16.2. The number of aliphatic hydroxyl groups is 1. The standard InChI is InChI=1S/C20H23N3O3S/c1-23-10-9-13-11-14(7-8-16(13)23)17(24)12-21-19(25)20(26)22-15-5-3-4-6-18(15)27-2/h3-8,11,17,24H,9-10,12H2,1-2H3,(H,21,25)(H,22,26)/t17-/m0/s1. The molecule has 1 heterocycles.